The van der Waals surface area contributed by atoms with Gasteiger partial charge in [0.15, 0.2) is 0 Å². The van der Waals surface area contributed by atoms with Gasteiger partial charge in [-0.2, -0.15) is 0 Å². The Morgan fingerprint density at radius 2 is 1.81 bits per heavy atom. The molecule has 1 fully saturated rings. The minimum atomic E-state index is -0.261. The summed E-state index contributed by atoms with van der Waals surface area (Å²) in [5.74, 6) is 0.812. The molecule has 0 saturated carbocycles. The number of piperazine rings is 1. The molecule has 1 aliphatic heterocycles. The maximum atomic E-state index is 12.9. The summed E-state index contributed by atoms with van der Waals surface area (Å²) in [6, 6.07) is 15.2. The van der Waals surface area contributed by atoms with Crippen molar-refractivity contribution in [3.8, 4) is 11.3 Å². The van der Waals surface area contributed by atoms with Gasteiger partial charge in [0, 0.05) is 61.3 Å². The van der Waals surface area contributed by atoms with E-state index in [0.717, 1.165) is 54.2 Å². The van der Waals surface area contributed by atoms with Crippen LogP contribution in [-0.2, 0) is 0 Å². The predicted octanol–water partition coefficient (Wildman–Crippen LogP) is 3.09. The average Bonchev–Trinajstić information content (AvgIpc) is 2.84. The summed E-state index contributed by atoms with van der Waals surface area (Å²) in [5.41, 5.74) is 3.10. The zero-order chi connectivity index (χ0) is 21.9. The van der Waals surface area contributed by atoms with E-state index in [2.05, 4.69) is 42.1 Å². The van der Waals surface area contributed by atoms with Crippen LogP contribution in [0.1, 0.15) is 10.4 Å². The van der Waals surface area contributed by atoms with Gasteiger partial charge in [-0.05, 0) is 37.4 Å². The van der Waals surface area contributed by atoms with Crippen LogP contribution in [0.3, 0.4) is 0 Å². The largest absolute Gasteiger partial charge is 0.354 e. The van der Waals surface area contributed by atoms with Crippen LogP contribution in [-0.4, -0.2) is 64.0 Å². The molecule has 1 amide bonds. The number of amides is 1. The molecule has 1 saturated heterocycles. The predicted molar refractivity (Wildman–Crippen MR) is 125 cm³/mol. The van der Waals surface area contributed by atoms with Crippen molar-refractivity contribution in [1.29, 1.82) is 0 Å². The normalized spacial score (nSPS) is 14.5. The molecular weight excluding hydrogens is 402 g/mol. The number of fused-ring (bicyclic) bond motifs is 1. The van der Waals surface area contributed by atoms with Crippen LogP contribution in [0.4, 0.5) is 11.8 Å². The molecule has 4 heterocycles. The third-order valence-electron chi connectivity index (χ3n) is 5.60. The van der Waals surface area contributed by atoms with Gasteiger partial charge in [0.2, 0.25) is 5.95 Å². The van der Waals surface area contributed by atoms with Crippen molar-refractivity contribution in [2.24, 2.45) is 0 Å². The summed E-state index contributed by atoms with van der Waals surface area (Å²) >= 11 is 0. The lowest BCUT2D eigenvalue weighted by atomic mass is 10.1. The van der Waals surface area contributed by atoms with Gasteiger partial charge in [0.25, 0.3) is 5.91 Å². The van der Waals surface area contributed by atoms with Crippen LogP contribution < -0.4 is 10.2 Å². The molecule has 0 bridgehead atoms. The number of hydrogen-bond acceptors (Lipinski definition) is 7. The summed E-state index contributed by atoms with van der Waals surface area (Å²) < 4.78 is 0. The van der Waals surface area contributed by atoms with E-state index in [1.54, 1.807) is 24.7 Å². The number of nitrogens with one attached hydrogen (secondary N) is 1. The molecule has 8 nitrogen and oxygen atoms in total. The summed E-state index contributed by atoms with van der Waals surface area (Å²) in [5, 5.41) is 3.71. The number of carbonyl (C=O) groups is 1. The van der Waals surface area contributed by atoms with Gasteiger partial charge >= 0.3 is 0 Å². The molecule has 0 unspecified atom stereocenters. The van der Waals surface area contributed by atoms with E-state index in [-0.39, 0.29) is 11.9 Å². The van der Waals surface area contributed by atoms with Crippen molar-refractivity contribution in [2.45, 2.75) is 0 Å². The number of benzene rings is 1. The number of anilines is 2. The molecule has 1 N–H and O–H groups in total. The summed E-state index contributed by atoms with van der Waals surface area (Å²) in [7, 11) is 2.11. The monoisotopic (exact) mass is 425 g/mol. The van der Waals surface area contributed by atoms with Crippen molar-refractivity contribution in [1.82, 2.24) is 24.8 Å². The highest BCUT2D eigenvalue weighted by atomic mass is 16.1. The third-order valence-corrected chi connectivity index (χ3v) is 5.60. The van der Waals surface area contributed by atoms with Gasteiger partial charge < -0.3 is 9.80 Å². The lowest BCUT2D eigenvalue weighted by Crippen LogP contribution is -2.44. The molecule has 0 radical (unpaired) electrons. The summed E-state index contributed by atoms with van der Waals surface area (Å²) in [6.45, 7) is 3.73. The van der Waals surface area contributed by atoms with Crippen molar-refractivity contribution < 1.29 is 4.79 Å². The van der Waals surface area contributed by atoms with E-state index >= 15 is 0 Å². The zero-order valence-corrected chi connectivity index (χ0v) is 17.8. The van der Waals surface area contributed by atoms with Gasteiger partial charge in [-0.15, -0.1) is 0 Å². The number of carbonyl (C=O) groups excluding carboxylic acids is 1. The van der Waals surface area contributed by atoms with Crippen molar-refractivity contribution in [3.05, 3.63) is 72.7 Å². The van der Waals surface area contributed by atoms with Crippen LogP contribution >= 0.6 is 0 Å². The Labute approximate surface area is 186 Å². The maximum absolute atomic E-state index is 12.9. The zero-order valence-electron chi connectivity index (χ0n) is 17.8. The van der Waals surface area contributed by atoms with E-state index in [4.69, 9.17) is 0 Å². The SMILES string of the molecule is CN1CCN(c2cc(C(=O)Nc3ncc4ccc(-c5ccccn5)cc4n3)ccn2)CC1. The first kappa shape index (κ1) is 20.0. The molecule has 0 spiro atoms. The molecule has 0 atom stereocenters. The number of hydrogen-bond donors (Lipinski definition) is 1. The first-order chi connectivity index (χ1) is 15.7. The highest BCUT2D eigenvalue weighted by Gasteiger charge is 2.17. The molecule has 0 aliphatic carbocycles. The van der Waals surface area contributed by atoms with Gasteiger partial charge in [-0.3, -0.25) is 15.1 Å². The van der Waals surface area contributed by atoms with Crippen molar-refractivity contribution in [3.63, 3.8) is 0 Å². The van der Waals surface area contributed by atoms with E-state index in [1.165, 1.54) is 0 Å². The van der Waals surface area contributed by atoms with Gasteiger partial charge in [-0.1, -0.05) is 18.2 Å². The summed E-state index contributed by atoms with van der Waals surface area (Å²) in [4.78, 5) is 35.0. The second kappa shape index (κ2) is 8.68. The lowest BCUT2D eigenvalue weighted by molar-refractivity contribution is 0.102. The molecule has 8 heteroatoms. The first-order valence-electron chi connectivity index (χ1n) is 10.5. The Morgan fingerprint density at radius 3 is 2.62 bits per heavy atom. The van der Waals surface area contributed by atoms with Crippen LogP contribution in [0.15, 0.2) is 67.1 Å². The molecular formula is C24H23N7O. The molecule has 1 aromatic carbocycles. The Bertz CT molecular complexity index is 1250. The van der Waals surface area contributed by atoms with Crippen LogP contribution in [0.5, 0.6) is 0 Å². The Morgan fingerprint density at radius 1 is 0.938 bits per heavy atom. The second-order valence-corrected chi connectivity index (χ2v) is 7.83. The van der Waals surface area contributed by atoms with Gasteiger partial charge in [-0.25, -0.2) is 15.0 Å². The third kappa shape index (κ3) is 4.26. The molecule has 1 aliphatic rings. The smallest absolute Gasteiger partial charge is 0.258 e. The fourth-order valence-electron chi connectivity index (χ4n) is 3.72. The van der Waals surface area contributed by atoms with Gasteiger partial charge in [0.1, 0.15) is 5.82 Å². The van der Waals surface area contributed by atoms with Crippen molar-refractivity contribution >= 4 is 28.6 Å². The molecule has 32 heavy (non-hydrogen) atoms. The fraction of sp³-hybridized carbons (Fsp3) is 0.208. The Kier molecular flexibility index (Phi) is 5.43. The minimum Gasteiger partial charge on any atom is -0.354 e. The van der Waals surface area contributed by atoms with E-state index in [1.807, 2.05) is 42.5 Å². The van der Waals surface area contributed by atoms with Crippen molar-refractivity contribution in [2.75, 3.05) is 43.4 Å². The quantitative estimate of drug-likeness (QED) is 0.538. The first-order valence-corrected chi connectivity index (χ1v) is 10.5. The highest BCUT2D eigenvalue weighted by molar-refractivity contribution is 6.04. The number of rotatable bonds is 4. The highest BCUT2D eigenvalue weighted by Crippen LogP contribution is 2.22. The number of likely N-dealkylation sites (N-methyl/N-ethyl adjacent to an activating group) is 1. The molecule has 160 valence electrons. The van der Waals surface area contributed by atoms with Crippen LogP contribution in [0, 0.1) is 0 Å². The van der Waals surface area contributed by atoms with E-state index in [0.29, 0.717) is 5.56 Å². The summed E-state index contributed by atoms with van der Waals surface area (Å²) in [6.07, 6.45) is 5.14. The molecule has 5 rings (SSSR count). The van der Waals surface area contributed by atoms with E-state index in [9.17, 15) is 4.79 Å². The van der Waals surface area contributed by atoms with Crippen LogP contribution in [0.25, 0.3) is 22.2 Å². The van der Waals surface area contributed by atoms with E-state index < -0.39 is 0 Å². The number of aromatic nitrogens is 4. The molecule has 4 aromatic rings. The lowest BCUT2D eigenvalue weighted by Gasteiger charge is -2.33. The molecule has 3 aromatic heterocycles. The Hall–Kier alpha value is -3.91. The standard InChI is InChI=1S/C24H23N7O/c1-30-10-12-31(13-11-30)22-15-18(7-9-26-22)23(32)29-24-27-16-19-6-5-17(14-21(19)28-24)20-4-2-3-8-25-20/h2-9,14-16H,10-13H2,1H3,(H,27,28,29,32). The maximum Gasteiger partial charge on any atom is 0.258 e. The Balaban J connectivity index is 1.36. The topological polar surface area (TPSA) is 87.1 Å². The fourth-order valence-corrected chi connectivity index (χ4v) is 3.72. The second-order valence-electron chi connectivity index (χ2n) is 7.83. The number of nitrogens with zero attached hydrogens (tertiary/aromatic N) is 6. The van der Waals surface area contributed by atoms with Gasteiger partial charge in [0.05, 0.1) is 11.2 Å². The van der Waals surface area contributed by atoms with Crippen LogP contribution in [0.2, 0.25) is 0 Å². The average molecular weight is 425 g/mol. The minimum absolute atomic E-state index is 0.261. The number of pyridine rings is 2.